The number of halogens is 1. The van der Waals surface area contributed by atoms with Gasteiger partial charge in [-0.25, -0.2) is 4.79 Å². The van der Waals surface area contributed by atoms with E-state index in [1.807, 2.05) is 0 Å². The molecule has 1 rings (SSSR count). The fourth-order valence-electron chi connectivity index (χ4n) is 0.930. The number of phenolic OH excluding ortho intramolecular Hbond substituents is 1. The molecule has 4 heteroatoms. The second kappa shape index (κ2) is 3.15. The summed E-state index contributed by atoms with van der Waals surface area (Å²) in [4.78, 5) is 10.7. The molecule has 0 aliphatic carbocycles. The lowest BCUT2D eigenvalue weighted by molar-refractivity contribution is 0.0694. The van der Waals surface area contributed by atoms with E-state index in [0.29, 0.717) is 10.0 Å². The van der Waals surface area contributed by atoms with Crippen LogP contribution in [0.15, 0.2) is 16.6 Å². The normalized spacial score (nSPS) is 9.83. The maximum absolute atomic E-state index is 10.7. The lowest BCUT2D eigenvalue weighted by Crippen LogP contribution is -2.00. The molecule has 1 aromatic carbocycles. The number of carboxylic acids is 1. The van der Waals surface area contributed by atoms with Gasteiger partial charge < -0.3 is 10.2 Å². The van der Waals surface area contributed by atoms with Crippen molar-refractivity contribution in [3.05, 3.63) is 27.7 Å². The van der Waals surface area contributed by atoms with E-state index >= 15 is 0 Å². The smallest absolute Gasteiger partial charge is 0.337 e. The molecule has 0 aliphatic rings. The van der Waals surface area contributed by atoms with Crippen LogP contribution in [0.4, 0.5) is 0 Å². The highest BCUT2D eigenvalue weighted by Crippen LogP contribution is 2.27. The van der Waals surface area contributed by atoms with Crippen LogP contribution in [0.5, 0.6) is 5.75 Å². The molecule has 0 unspecified atom stereocenters. The predicted octanol–water partition coefficient (Wildman–Crippen LogP) is 2.16. The monoisotopic (exact) mass is 230 g/mol. The number of aromatic carboxylic acids is 1. The summed E-state index contributed by atoms with van der Waals surface area (Å²) < 4.78 is 0.477. The molecule has 0 amide bonds. The Morgan fingerprint density at radius 3 is 2.50 bits per heavy atom. The van der Waals surface area contributed by atoms with Gasteiger partial charge in [-0.15, -0.1) is 0 Å². The van der Waals surface area contributed by atoms with Gasteiger partial charge in [0.05, 0.1) is 5.56 Å². The van der Waals surface area contributed by atoms with Crippen molar-refractivity contribution >= 4 is 21.9 Å². The quantitative estimate of drug-likeness (QED) is 0.778. The van der Waals surface area contributed by atoms with Crippen molar-refractivity contribution in [3.63, 3.8) is 0 Å². The summed E-state index contributed by atoms with van der Waals surface area (Å²) >= 11 is 3.09. The Morgan fingerprint density at radius 2 is 2.08 bits per heavy atom. The van der Waals surface area contributed by atoms with Crippen LogP contribution in [0.25, 0.3) is 0 Å². The molecule has 0 radical (unpaired) electrons. The van der Waals surface area contributed by atoms with Gasteiger partial charge in [0.15, 0.2) is 0 Å². The van der Waals surface area contributed by atoms with E-state index < -0.39 is 5.97 Å². The maximum Gasteiger partial charge on any atom is 0.337 e. The second-order valence-corrected chi connectivity index (χ2v) is 3.23. The first-order chi connectivity index (χ1) is 5.54. The Morgan fingerprint density at radius 1 is 1.50 bits per heavy atom. The average Bonchev–Trinajstić information content (AvgIpc) is 1.97. The summed E-state index contributed by atoms with van der Waals surface area (Å²) in [6.07, 6.45) is 0. The molecular weight excluding hydrogens is 224 g/mol. The van der Waals surface area contributed by atoms with E-state index in [9.17, 15) is 9.90 Å². The van der Waals surface area contributed by atoms with Gasteiger partial charge in [-0.3, -0.25) is 0 Å². The zero-order valence-corrected chi connectivity index (χ0v) is 7.92. The highest BCUT2D eigenvalue weighted by atomic mass is 79.9. The minimum absolute atomic E-state index is 0.00407. The SMILES string of the molecule is Cc1c(O)ccc(Br)c1C(=O)O. The van der Waals surface area contributed by atoms with E-state index in [4.69, 9.17) is 5.11 Å². The van der Waals surface area contributed by atoms with Crippen LogP contribution in [-0.2, 0) is 0 Å². The van der Waals surface area contributed by atoms with Gasteiger partial charge in [0.2, 0.25) is 0 Å². The molecule has 3 nitrogen and oxygen atoms in total. The Balaban J connectivity index is 3.43. The Hall–Kier alpha value is -1.03. The highest BCUT2D eigenvalue weighted by molar-refractivity contribution is 9.10. The largest absolute Gasteiger partial charge is 0.508 e. The first-order valence-corrected chi connectivity index (χ1v) is 4.04. The van der Waals surface area contributed by atoms with Crippen LogP contribution >= 0.6 is 15.9 Å². The van der Waals surface area contributed by atoms with Crippen LogP contribution in [-0.4, -0.2) is 16.2 Å². The van der Waals surface area contributed by atoms with Gasteiger partial charge in [-0.05, 0) is 35.0 Å². The summed E-state index contributed by atoms with van der Waals surface area (Å²) in [5.41, 5.74) is 0.479. The number of hydrogen-bond donors (Lipinski definition) is 2. The van der Waals surface area contributed by atoms with E-state index in [1.165, 1.54) is 12.1 Å². The van der Waals surface area contributed by atoms with Crippen LogP contribution in [0, 0.1) is 6.92 Å². The molecule has 1 aromatic rings. The Kier molecular flexibility index (Phi) is 2.38. The fraction of sp³-hybridized carbons (Fsp3) is 0.125. The minimum Gasteiger partial charge on any atom is -0.508 e. The zero-order chi connectivity index (χ0) is 9.30. The lowest BCUT2D eigenvalue weighted by Gasteiger charge is -2.04. The molecule has 0 heterocycles. The van der Waals surface area contributed by atoms with Gasteiger partial charge in [0, 0.05) is 10.0 Å². The van der Waals surface area contributed by atoms with E-state index in [1.54, 1.807) is 6.92 Å². The van der Waals surface area contributed by atoms with Gasteiger partial charge in [0.25, 0.3) is 0 Å². The number of aromatic hydroxyl groups is 1. The summed E-state index contributed by atoms with van der Waals surface area (Å²) in [6, 6.07) is 2.96. The number of hydrogen-bond acceptors (Lipinski definition) is 2. The number of phenols is 1. The molecule has 64 valence electrons. The van der Waals surface area contributed by atoms with Crippen LogP contribution in [0.2, 0.25) is 0 Å². The zero-order valence-electron chi connectivity index (χ0n) is 6.34. The topological polar surface area (TPSA) is 57.5 Å². The van der Waals surface area contributed by atoms with E-state index in [0.717, 1.165) is 0 Å². The van der Waals surface area contributed by atoms with E-state index in [-0.39, 0.29) is 11.3 Å². The molecule has 0 atom stereocenters. The molecular formula is C8H7BrO3. The van der Waals surface area contributed by atoms with E-state index in [2.05, 4.69) is 15.9 Å². The molecule has 0 aliphatic heterocycles. The third-order valence-corrected chi connectivity index (χ3v) is 2.26. The number of rotatable bonds is 1. The molecule has 0 bridgehead atoms. The number of carboxylic acid groups (broad SMARTS) is 1. The number of carbonyl (C=O) groups is 1. The molecule has 0 spiro atoms. The van der Waals surface area contributed by atoms with Crippen molar-refractivity contribution in [1.82, 2.24) is 0 Å². The fourth-order valence-corrected chi connectivity index (χ4v) is 1.53. The average molecular weight is 231 g/mol. The van der Waals surface area contributed by atoms with Gasteiger partial charge in [-0.2, -0.15) is 0 Å². The number of benzene rings is 1. The minimum atomic E-state index is -1.05. The summed E-state index contributed by atoms with van der Waals surface area (Å²) in [6.45, 7) is 1.56. The second-order valence-electron chi connectivity index (χ2n) is 2.37. The molecule has 0 saturated heterocycles. The maximum atomic E-state index is 10.7. The van der Waals surface area contributed by atoms with Crippen molar-refractivity contribution in [2.75, 3.05) is 0 Å². The Labute approximate surface area is 77.8 Å². The molecule has 12 heavy (non-hydrogen) atoms. The third-order valence-electron chi connectivity index (χ3n) is 1.60. The first kappa shape index (κ1) is 9.06. The van der Waals surface area contributed by atoms with Crippen LogP contribution < -0.4 is 0 Å². The molecule has 0 aromatic heterocycles. The standard InChI is InChI=1S/C8H7BrO3/c1-4-6(10)3-2-5(9)7(4)8(11)12/h2-3,10H,1H3,(H,11,12). The van der Waals surface area contributed by atoms with Crippen molar-refractivity contribution < 1.29 is 15.0 Å². The predicted molar refractivity (Wildman–Crippen MR) is 47.5 cm³/mol. The summed E-state index contributed by atoms with van der Waals surface area (Å²) in [7, 11) is 0. The van der Waals surface area contributed by atoms with Crippen LogP contribution in [0.3, 0.4) is 0 Å². The lowest BCUT2D eigenvalue weighted by atomic mass is 10.1. The summed E-state index contributed by atoms with van der Waals surface area (Å²) in [5.74, 6) is -1.05. The van der Waals surface area contributed by atoms with Gasteiger partial charge >= 0.3 is 5.97 Å². The molecule has 2 N–H and O–H groups in total. The van der Waals surface area contributed by atoms with Crippen molar-refractivity contribution in [2.45, 2.75) is 6.92 Å². The third kappa shape index (κ3) is 1.43. The summed E-state index contributed by atoms with van der Waals surface area (Å²) in [5, 5.41) is 17.9. The Bertz CT molecular complexity index is 333. The first-order valence-electron chi connectivity index (χ1n) is 3.25. The highest BCUT2D eigenvalue weighted by Gasteiger charge is 2.13. The van der Waals surface area contributed by atoms with Crippen molar-refractivity contribution in [2.24, 2.45) is 0 Å². The van der Waals surface area contributed by atoms with Gasteiger partial charge in [0.1, 0.15) is 5.75 Å². The van der Waals surface area contributed by atoms with Crippen molar-refractivity contribution in [3.8, 4) is 5.75 Å². The van der Waals surface area contributed by atoms with Gasteiger partial charge in [-0.1, -0.05) is 0 Å². The molecule has 0 saturated carbocycles. The van der Waals surface area contributed by atoms with Crippen molar-refractivity contribution in [1.29, 1.82) is 0 Å². The van der Waals surface area contributed by atoms with Crippen LogP contribution in [0.1, 0.15) is 15.9 Å². The molecule has 0 fully saturated rings.